The van der Waals surface area contributed by atoms with Gasteiger partial charge in [0, 0.05) is 36.4 Å². The molecule has 2 aliphatic carbocycles. The van der Waals surface area contributed by atoms with Crippen molar-refractivity contribution >= 4 is 28.6 Å². The molecule has 10 nitrogen and oxygen atoms in total. The first-order chi connectivity index (χ1) is 20.1. The molecule has 1 aliphatic heterocycles. The summed E-state index contributed by atoms with van der Waals surface area (Å²) in [4.78, 5) is 33.1. The van der Waals surface area contributed by atoms with Crippen molar-refractivity contribution in [3.05, 3.63) is 47.8 Å². The number of carbonyl (C=O) groups is 2. The molecule has 2 amide bonds. The Labute approximate surface area is 245 Å². The van der Waals surface area contributed by atoms with Gasteiger partial charge in [-0.05, 0) is 89.5 Å². The maximum Gasteiger partial charge on any atom is 0.407 e. The molecule has 2 saturated carbocycles. The van der Waals surface area contributed by atoms with Crippen LogP contribution in [0.25, 0.3) is 27.9 Å². The second kappa shape index (κ2) is 9.74. The highest BCUT2D eigenvalue weighted by Crippen LogP contribution is 2.41. The monoisotopic (exact) mass is 570 g/mol. The number of likely N-dealkylation sites (tertiary alicyclic amines) is 1. The number of rotatable bonds is 6. The zero-order chi connectivity index (χ0) is 29.3. The Bertz CT molecular complexity index is 1710. The van der Waals surface area contributed by atoms with Crippen LogP contribution in [0, 0.1) is 18.8 Å². The van der Waals surface area contributed by atoms with Crippen LogP contribution in [0.1, 0.15) is 62.4 Å². The van der Waals surface area contributed by atoms with Crippen LogP contribution < -0.4 is 10.1 Å². The van der Waals surface area contributed by atoms with Gasteiger partial charge in [-0.2, -0.15) is 5.10 Å². The number of carbonyl (C=O) groups excluding carboxylic acids is 2. The molecule has 0 aromatic carbocycles. The van der Waals surface area contributed by atoms with Crippen LogP contribution in [-0.2, 0) is 11.3 Å². The largest absolute Gasteiger partial charge is 0.494 e. The van der Waals surface area contributed by atoms with Crippen molar-refractivity contribution in [1.29, 1.82) is 0 Å². The van der Waals surface area contributed by atoms with E-state index in [0.717, 1.165) is 52.9 Å². The third-order valence-corrected chi connectivity index (χ3v) is 8.96. The highest BCUT2D eigenvalue weighted by atomic mass is 16.6. The number of amides is 2. The Balaban J connectivity index is 1.22. The zero-order valence-electron chi connectivity index (χ0n) is 24.9. The number of piperidine rings is 1. The zero-order valence-corrected chi connectivity index (χ0v) is 24.9. The fourth-order valence-corrected chi connectivity index (χ4v) is 6.89. The summed E-state index contributed by atoms with van der Waals surface area (Å²) in [6, 6.07) is 7.85. The first kappa shape index (κ1) is 26.8. The van der Waals surface area contributed by atoms with Crippen LogP contribution in [-0.4, -0.2) is 67.4 Å². The second-order valence-corrected chi connectivity index (χ2v) is 13.1. The summed E-state index contributed by atoms with van der Waals surface area (Å²) in [6.45, 7) is 9.12. The molecule has 4 aromatic rings. The maximum absolute atomic E-state index is 13.9. The topological polar surface area (TPSA) is 103 Å². The van der Waals surface area contributed by atoms with Crippen LogP contribution in [0.15, 0.2) is 36.7 Å². The van der Waals surface area contributed by atoms with E-state index in [2.05, 4.69) is 33.9 Å². The number of aryl methyl sites for hydroxylation is 1. The summed E-state index contributed by atoms with van der Waals surface area (Å²) < 4.78 is 15.4. The van der Waals surface area contributed by atoms with Gasteiger partial charge >= 0.3 is 6.09 Å². The van der Waals surface area contributed by atoms with Crippen LogP contribution in [0.4, 0.5) is 4.79 Å². The van der Waals surface area contributed by atoms with E-state index in [0.29, 0.717) is 23.8 Å². The van der Waals surface area contributed by atoms with E-state index >= 15 is 0 Å². The van der Waals surface area contributed by atoms with Crippen molar-refractivity contribution in [2.75, 3.05) is 13.7 Å². The SMILES string of the molecule is COc1cc(C(=O)N2CC3CCC2[C@@H]3NC(=O)OC(C)(C)C)cn2nc(-c3cc4cccnc4n3CC3CC3)c(C)c12. The van der Waals surface area contributed by atoms with E-state index in [1.165, 1.54) is 12.8 Å². The first-order valence-corrected chi connectivity index (χ1v) is 14.9. The standard InChI is InChI=1S/C32H38N6O4/c1-18-26(24-13-20-7-6-12-33-29(20)36(24)15-19-8-9-19)35-38-17-22(14-25(41-5)28(18)38)30(39)37-16-21-10-11-23(37)27(21)34-31(40)42-32(2,3)4/h6-7,12-14,17,19,21,23,27H,8-11,15-16H2,1-5H3,(H,34,40)/t21?,23?,27-/m1/s1. The summed E-state index contributed by atoms with van der Waals surface area (Å²) in [7, 11) is 1.63. The molecule has 7 rings (SSSR count). The Hall–Kier alpha value is -4.08. The van der Waals surface area contributed by atoms with Crippen molar-refractivity contribution in [3.63, 3.8) is 0 Å². The van der Waals surface area contributed by atoms with Crippen molar-refractivity contribution in [2.45, 2.75) is 77.6 Å². The molecule has 3 atom stereocenters. The average Bonchev–Trinajstić information content (AvgIpc) is 3.29. The summed E-state index contributed by atoms with van der Waals surface area (Å²) >= 11 is 0. The van der Waals surface area contributed by atoms with Crippen LogP contribution in [0.5, 0.6) is 5.75 Å². The van der Waals surface area contributed by atoms with Crippen molar-refractivity contribution in [2.24, 2.45) is 11.8 Å². The molecule has 1 N–H and O–H groups in total. The van der Waals surface area contributed by atoms with E-state index in [4.69, 9.17) is 14.6 Å². The number of hydrogen-bond donors (Lipinski definition) is 1. The van der Waals surface area contributed by atoms with Gasteiger partial charge in [0.05, 0.1) is 30.5 Å². The van der Waals surface area contributed by atoms with Gasteiger partial charge in [-0.3, -0.25) is 4.79 Å². The lowest BCUT2D eigenvalue weighted by Gasteiger charge is -2.28. The lowest BCUT2D eigenvalue weighted by atomic mass is 10.1. The number of fused-ring (bicyclic) bond motifs is 4. The molecule has 10 heteroatoms. The Morgan fingerprint density at radius 3 is 2.69 bits per heavy atom. The summed E-state index contributed by atoms with van der Waals surface area (Å²) in [5, 5.41) is 9.16. The van der Waals surface area contributed by atoms with Crippen LogP contribution in [0.2, 0.25) is 0 Å². The Kier molecular flexibility index (Phi) is 6.22. The average molecular weight is 571 g/mol. The van der Waals surface area contributed by atoms with Gasteiger partial charge in [0.2, 0.25) is 0 Å². The van der Waals surface area contributed by atoms with E-state index in [1.54, 1.807) is 11.6 Å². The molecule has 3 aliphatic rings. The minimum Gasteiger partial charge on any atom is -0.494 e. The molecule has 4 aromatic heterocycles. The van der Waals surface area contributed by atoms with E-state index in [-0.39, 0.29) is 23.9 Å². The number of nitrogens with one attached hydrogen (secondary N) is 1. The van der Waals surface area contributed by atoms with Crippen molar-refractivity contribution in [1.82, 2.24) is 29.4 Å². The molecule has 5 heterocycles. The van der Waals surface area contributed by atoms with Gasteiger partial charge in [-0.15, -0.1) is 0 Å². The fourth-order valence-electron chi connectivity index (χ4n) is 6.89. The first-order valence-electron chi connectivity index (χ1n) is 14.9. The molecule has 2 bridgehead atoms. The minimum atomic E-state index is -0.577. The molecule has 220 valence electrons. The van der Waals surface area contributed by atoms with Gasteiger partial charge in [0.1, 0.15) is 28.2 Å². The number of alkyl carbamates (subject to hydrolysis) is 1. The normalized spacial score (nSPS) is 21.8. The number of nitrogens with zero attached hydrogens (tertiary/aromatic N) is 5. The van der Waals surface area contributed by atoms with E-state index < -0.39 is 11.7 Å². The predicted octanol–water partition coefficient (Wildman–Crippen LogP) is 5.21. The summed E-state index contributed by atoms with van der Waals surface area (Å²) in [6.07, 6.45) is 7.51. The third-order valence-electron chi connectivity index (χ3n) is 8.96. The number of methoxy groups -OCH3 is 1. The van der Waals surface area contributed by atoms with Gasteiger partial charge in [-0.25, -0.2) is 14.3 Å². The number of ether oxygens (including phenoxy) is 2. The van der Waals surface area contributed by atoms with Gasteiger partial charge in [0.15, 0.2) is 0 Å². The molecule has 2 unspecified atom stereocenters. The van der Waals surface area contributed by atoms with E-state index in [9.17, 15) is 9.59 Å². The summed E-state index contributed by atoms with van der Waals surface area (Å²) in [5.41, 5.74) is 4.62. The lowest BCUT2D eigenvalue weighted by molar-refractivity contribution is 0.0485. The van der Waals surface area contributed by atoms with Crippen molar-refractivity contribution < 1.29 is 19.1 Å². The van der Waals surface area contributed by atoms with Gasteiger partial charge in [0.25, 0.3) is 5.91 Å². The molecular formula is C32H38N6O4. The van der Waals surface area contributed by atoms with Gasteiger partial charge < -0.3 is 24.3 Å². The summed E-state index contributed by atoms with van der Waals surface area (Å²) in [5.74, 6) is 1.40. The Morgan fingerprint density at radius 2 is 1.95 bits per heavy atom. The highest BCUT2D eigenvalue weighted by Gasteiger charge is 2.50. The smallest absolute Gasteiger partial charge is 0.407 e. The predicted molar refractivity (Wildman–Crippen MR) is 159 cm³/mol. The van der Waals surface area contributed by atoms with E-state index in [1.807, 2.05) is 50.2 Å². The molecule has 0 radical (unpaired) electrons. The second-order valence-electron chi connectivity index (χ2n) is 13.1. The van der Waals surface area contributed by atoms with Crippen LogP contribution in [0.3, 0.4) is 0 Å². The molecule has 42 heavy (non-hydrogen) atoms. The Morgan fingerprint density at radius 1 is 1.14 bits per heavy atom. The molecule has 1 saturated heterocycles. The quantitative estimate of drug-likeness (QED) is 0.342. The highest BCUT2D eigenvalue weighted by molar-refractivity contribution is 5.96. The number of hydrogen-bond acceptors (Lipinski definition) is 6. The molecule has 3 fully saturated rings. The maximum atomic E-state index is 13.9. The molecular weight excluding hydrogens is 532 g/mol. The van der Waals surface area contributed by atoms with Gasteiger partial charge in [-0.1, -0.05) is 0 Å². The minimum absolute atomic E-state index is 0.0720. The van der Waals surface area contributed by atoms with Crippen molar-refractivity contribution in [3.8, 4) is 17.1 Å². The van der Waals surface area contributed by atoms with Crippen LogP contribution >= 0.6 is 0 Å². The number of pyridine rings is 2. The number of aromatic nitrogens is 4. The third kappa shape index (κ3) is 4.57. The fraction of sp³-hybridized carbons (Fsp3) is 0.500. The lowest BCUT2D eigenvalue weighted by Crippen LogP contribution is -2.46. The molecule has 0 spiro atoms.